The number of aromatic nitrogens is 2. The minimum Gasteiger partial charge on any atom is -0.394 e. The number of halogens is 1. The van der Waals surface area contributed by atoms with Crippen molar-refractivity contribution in [1.82, 2.24) is 15.1 Å². The van der Waals surface area contributed by atoms with Gasteiger partial charge >= 0.3 is 0 Å². The smallest absolute Gasteiger partial charge is 0.274 e. The normalized spacial score (nSPS) is 24.3. The zero-order chi connectivity index (χ0) is 12.4. The Kier molecular flexibility index (Phi) is 3.42. The molecule has 1 aromatic heterocycles. The number of carbonyl (C=O) groups is 1. The quantitative estimate of drug-likeness (QED) is 0.810. The number of aryl methyl sites for hydroxylation is 1. The predicted octanol–water partition coefficient (Wildman–Crippen LogP) is 0.517. The molecule has 0 saturated carbocycles. The number of aliphatic hydroxyl groups excluding tert-OH is 1. The van der Waals surface area contributed by atoms with Crippen LogP contribution in [0.5, 0.6) is 0 Å². The van der Waals surface area contributed by atoms with Crippen LogP contribution in [0.2, 0.25) is 0 Å². The Morgan fingerprint density at radius 1 is 1.76 bits per heavy atom. The highest BCUT2D eigenvalue weighted by Crippen LogP contribution is 2.22. The second-order valence-corrected chi connectivity index (χ2v) is 4.26. The Balaban J connectivity index is 2.13. The number of hydrogen-bond acceptors (Lipinski definition) is 3. The van der Waals surface area contributed by atoms with Crippen LogP contribution in [0, 0.1) is 0 Å². The first-order chi connectivity index (χ1) is 8.15. The fourth-order valence-corrected chi connectivity index (χ4v) is 2.08. The number of amides is 1. The fourth-order valence-electron chi connectivity index (χ4n) is 2.08. The molecular weight excluding hydrogens is 225 g/mol. The van der Waals surface area contributed by atoms with Gasteiger partial charge in [-0.2, -0.15) is 5.10 Å². The van der Waals surface area contributed by atoms with Gasteiger partial charge in [-0.15, -0.1) is 0 Å². The van der Waals surface area contributed by atoms with E-state index in [1.807, 2.05) is 6.92 Å². The second-order valence-electron chi connectivity index (χ2n) is 4.26. The monoisotopic (exact) mass is 241 g/mol. The highest BCUT2D eigenvalue weighted by atomic mass is 19.1. The molecule has 6 heteroatoms. The average Bonchev–Trinajstić information content (AvgIpc) is 2.93. The van der Waals surface area contributed by atoms with Gasteiger partial charge in [-0.1, -0.05) is 6.92 Å². The molecular formula is C11H16FN3O2. The number of nitrogens with one attached hydrogen (secondary N) is 1. The minimum atomic E-state index is -1.05. The van der Waals surface area contributed by atoms with Crippen molar-refractivity contribution in [2.75, 3.05) is 13.2 Å². The number of nitrogens with zero attached hydrogens (tertiary/aromatic N) is 2. The van der Waals surface area contributed by atoms with Crippen molar-refractivity contribution in [3.05, 3.63) is 17.5 Å². The summed E-state index contributed by atoms with van der Waals surface area (Å²) in [7, 11) is 0. The van der Waals surface area contributed by atoms with Gasteiger partial charge in [0.1, 0.15) is 11.9 Å². The largest absolute Gasteiger partial charge is 0.394 e. The van der Waals surface area contributed by atoms with Gasteiger partial charge in [0.2, 0.25) is 0 Å². The maximum atomic E-state index is 13.2. The topological polar surface area (TPSA) is 69.2 Å². The van der Waals surface area contributed by atoms with E-state index in [1.54, 1.807) is 6.07 Å². The first-order valence-electron chi connectivity index (χ1n) is 5.75. The summed E-state index contributed by atoms with van der Waals surface area (Å²) in [5.74, 6) is -0.319. The van der Waals surface area contributed by atoms with Crippen molar-refractivity contribution in [2.45, 2.75) is 32.0 Å². The Hall–Kier alpha value is -1.43. The molecule has 1 aromatic rings. The summed E-state index contributed by atoms with van der Waals surface area (Å²) in [6.45, 7) is 1.78. The third-order valence-electron chi connectivity index (χ3n) is 3.07. The number of H-pyrrole nitrogens is 1. The predicted molar refractivity (Wildman–Crippen MR) is 59.4 cm³/mol. The molecule has 0 aromatic carbocycles. The number of rotatable bonds is 3. The highest BCUT2D eigenvalue weighted by Gasteiger charge is 2.36. The first kappa shape index (κ1) is 12.0. The highest BCUT2D eigenvalue weighted by molar-refractivity contribution is 5.92. The van der Waals surface area contributed by atoms with Crippen LogP contribution in [0.1, 0.15) is 29.5 Å². The van der Waals surface area contributed by atoms with Gasteiger partial charge in [0.25, 0.3) is 5.91 Å². The lowest BCUT2D eigenvalue weighted by molar-refractivity contribution is 0.0667. The molecule has 94 valence electrons. The van der Waals surface area contributed by atoms with Gasteiger partial charge in [0.05, 0.1) is 19.2 Å². The van der Waals surface area contributed by atoms with Gasteiger partial charge in [0.15, 0.2) is 0 Å². The third-order valence-corrected chi connectivity index (χ3v) is 3.07. The van der Waals surface area contributed by atoms with Crippen molar-refractivity contribution in [3.8, 4) is 0 Å². The van der Waals surface area contributed by atoms with E-state index in [0.717, 1.165) is 12.1 Å². The number of aliphatic hydroxyl groups is 1. The molecule has 0 aliphatic carbocycles. The molecule has 1 fully saturated rings. The molecule has 0 radical (unpaired) electrons. The van der Waals surface area contributed by atoms with Crippen LogP contribution in [-0.4, -0.2) is 51.5 Å². The lowest BCUT2D eigenvalue weighted by Gasteiger charge is -2.21. The first-order valence-corrected chi connectivity index (χ1v) is 5.75. The van der Waals surface area contributed by atoms with E-state index in [0.29, 0.717) is 0 Å². The van der Waals surface area contributed by atoms with Crippen LogP contribution < -0.4 is 0 Å². The van der Waals surface area contributed by atoms with E-state index in [9.17, 15) is 9.18 Å². The molecule has 2 rings (SSSR count). The van der Waals surface area contributed by atoms with Crippen LogP contribution in [0.3, 0.4) is 0 Å². The Bertz CT molecular complexity index is 407. The van der Waals surface area contributed by atoms with Gasteiger partial charge in [-0.05, 0) is 12.5 Å². The molecule has 1 saturated heterocycles. The maximum absolute atomic E-state index is 13.2. The molecule has 0 unspecified atom stereocenters. The lowest BCUT2D eigenvalue weighted by atomic mass is 10.2. The molecule has 2 heterocycles. The second kappa shape index (κ2) is 4.83. The standard InChI is InChI=1S/C11H16FN3O2/c1-2-8-4-10(14-13-8)11(17)15-5-7(12)3-9(15)6-16/h4,7,9,16H,2-3,5-6H2,1H3,(H,13,14)/t7-,9-/m0/s1. The van der Waals surface area contributed by atoms with E-state index in [1.165, 1.54) is 4.90 Å². The Morgan fingerprint density at radius 3 is 3.12 bits per heavy atom. The van der Waals surface area contributed by atoms with Gasteiger partial charge < -0.3 is 10.0 Å². The Morgan fingerprint density at radius 2 is 2.53 bits per heavy atom. The van der Waals surface area contributed by atoms with Gasteiger partial charge in [-0.25, -0.2) is 4.39 Å². The SMILES string of the molecule is CCc1cc(C(=O)N2C[C@@H](F)C[C@H]2CO)n[nH]1. The fraction of sp³-hybridized carbons (Fsp3) is 0.636. The molecule has 1 aliphatic rings. The summed E-state index contributed by atoms with van der Waals surface area (Å²) in [5, 5.41) is 15.8. The number of likely N-dealkylation sites (tertiary alicyclic amines) is 1. The van der Waals surface area contributed by atoms with Crippen LogP contribution in [0.25, 0.3) is 0 Å². The average molecular weight is 241 g/mol. The minimum absolute atomic E-state index is 0.0401. The summed E-state index contributed by atoms with van der Waals surface area (Å²) in [5.41, 5.74) is 1.15. The van der Waals surface area contributed by atoms with Crippen LogP contribution in [0.4, 0.5) is 4.39 Å². The molecule has 2 atom stereocenters. The van der Waals surface area contributed by atoms with E-state index in [2.05, 4.69) is 10.2 Å². The zero-order valence-corrected chi connectivity index (χ0v) is 9.69. The summed E-state index contributed by atoms with van der Waals surface area (Å²) in [6.07, 6.45) is -0.0939. The van der Waals surface area contributed by atoms with Crippen molar-refractivity contribution in [3.63, 3.8) is 0 Å². The molecule has 5 nitrogen and oxygen atoms in total. The lowest BCUT2D eigenvalue weighted by Crippen LogP contribution is -2.38. The maximum Gasteiger partial charge on any atom is 0.274 e. The van der Waals surface area contributed by atoms with Crippen LogP contribution in [-0.2, 0) is 6.42 Å². The van der Waals surface area contributed by atoms with Crippen LogP contribution >= 0.6 is 0 Å². The summed E-state index contributed by atoms with van der Waals surface area (Å²) in [6, 6.07) is 1.24. The van der Waals surface area contributed by atoms with Crippen molar-refractivity contribution in [1.29, 1.82) is 0 Å². The molecule has 1 aliphatic heterocycles. The molecule has 0 bridgehead atoms. The van der Waals surface area contributed by atoms with Gasteiger partial charge in [0, 0.05) is 12.1 Å². The van der Waals surface area contributed by atoms with E-state index < -0.39 is 12.2 Å². The number of aromatic amines is 1. The number of hydrogen-bond donors (Lipinski definition) is 2. The van der Waals surface area contributed by atoms with E-state index >= 15 is 0 Å². The van der Waals surface area contributed by atoms with E-state index in [-0.39, 0.29) is 31.2 Å². The van der Waals surface area contributed by atoms with Gasteiger partial charge in [-0.3, -0.25) is 9.89 Å². The van der Waals surface area contributed by atoms with E-state index in [4.69, 9.17) is 5.11 Å². The third kappa shape index (κ3) is 2.31. The Labute approximate surface area is 98.6 Å². The van der Waals surface area contributed by atoms with Crippen molar-refractivity contribution < 1.29 is 14.3 Å². The van der Waals surface area contributed by atoms with Crippen molar-refractivity contribution >= 4 is 5.91 Å². The zero-order valence-electron chi connectivity index (χ0n) is 9.69. The molecule has 2 N–H and O–H groups in total. The van der Waals surface area contributed by atoms with Crippen molar-refractivity contribution in [2.24, 2.45) is 0 Å². The molecule has 1 amide bonds. The summed E-state index contributed by atoms with van der Waals surface area (Å²) in [4.78, 5) is 13.4. The number of alkyl halides is 1. The van der Waals surface area contributed by atoms with Crippen LogP contribution in [0.15, 0.2) is 6.07 Å². The molecule has 17 heavy (non-hydrogen) atoms. The molecule has 0 spiro atoms. The number of carbonyl (C=O) groups excluding carboxylic acids is 1. The summed E-state index contributed by atoms with van der Waals surface area (Å²) >= 11 is 0. The summed E-state index contributed by atoms with van der Waals surface area (Å²) < 4.78 is 13.2.